The number of nitrogens with zero attached hydrogens (tertiary/aromatic N) is 1. The fourth-order valence-corrected chi connectivity index (χ4v) is 3.11. The number of methoxy groups -OCH3 is 1. The number of likely N-dealkylation sites (tertiary alicyclic amines) is 1. The number of ether oxygens (including phenoxy) is 2. The van der Waals surface area contributed by atoms with E-state index >= 15 is 0 Å². The summed E-state index contributed by atoms with van der Waals surface area (Å²) in [6, 6.07) is 7.97. The minimum atomic E-state index is -0.150. The van der Waals surface area contributed by atoms with Gasteiger partial charge in [-0.1, -0.05) is 24.3 Å². The highest BCUT2D eigenvalue weighted by atomic mass is 16.5. The highest BCUT2D eigenvalue weighted by Gasteiger charge is 2.27. The highest BCUT2D eigenvalue weighted by Crippen LogP contribution is 2.17. The van der Waals surface area contributed by atoms with Crippen molar-refractivity contribution in [2.24, 2.45) is 5.92 Å². The van der Waals surface area contributed by atoms with Crippen LogP contribution in [0.5, 0.6) is 0 Å². The Kier molecular flexibility index (Phi) is 7.88. The number of rotatable bonds is 8. The Bertz CT molecular complexity index is 576. The Balaban J connectivity index is 1.78. The van der Waals surface area contributed by atoms with Gasteiger partial charge in [-0.2, -0.15) is 0 Å². The van der Waals surface area contributed by atoms with Gasteiger partial charge in [0.05, 0.1) is 25.7 Å². The van der Waals surface area contributed by atoms with Gasteiger partial charge in [0.2, 0.25) is 5.91 Å². The molecule has 0 aliphatic carbocycles. The van der Waals surface area contributed by atoms with Crippen LogP contribution >= 0.6 is 0 Å². The molecular weight excluding hydrogens is 320 g/mol. The molecule has 138 valence electrons. The van der Waals surface area contributed by atoms with Crippen molar-refractivity contribution in [1.29, 1.82) is 0 Å². The third kappa shape index (κ3) is 6.48. The van der Waals surface area contributed by atoms with E-state index in [1.54, 1.807) is 7.11 Å². The predicted molar refractivity (Wildman–Crippen MR) is 94.8 cm³/mol. The van der Waals surface area contributed by atoms with Crippen LogP contribution in [0.3, 0.4) is 0 Å². The van der Waals surface area contributed by atoms with Crippen LogP contribution in [0.15, 0.2) is 24.3 Å². The Morgan fingerprint density at radius 2 is 2.12 bits per heavy atom. The Hall–Kier alpha value is -1.92. The zero-order chi connectivity index (χ0) is 18.1. The molecule has 1 heterocycles. The van der Waals surface area contributed by atoms with E-state index in [-0.39, 0.29) is 17.8 Å². The second kappa shape index (κ2) is 10.2. The van der Waals surface area contributed by atoms with Crippen molar-refractivity contribution < 1.29 is 19.1 Å². The molecule has 1 aromatic rings. The zero-order valence-corrected chi connectivity index (χ0v) is 15.1. The van der Waals surface area contributed by atoms with Gasteiger partial charge in [0.25, 0.3) is 0 Å². The summed E-state index contributed by atoms with van der Waals surface area (Å²) in [5, 5.41) is 2.95. The van der Waals surface area contributed by atoms with Crippen molar-refractivity contribution in [1.82, 2.24) is 10.2 Å². The summed E-state index contributed by atoms with van der Waals surface area (Å²) in [6.45, 7) is 5.01. The molecule has 1 atom stereocenters. The van der Waals surface area contributed by atoms with Crippen molar-refractivity contribution >= 4 is 11.9 Å². The lowest BCUT2D eigenvalue weighted by molar-refractivity contribution is -0.150. The van der Waals surface area contributed by atoms with E-state index < -0.39 is 0 Å². The molecule has 0 saturated carbocycles. The molecule has 1 aromatic carbocycles. The number of hydrogen-bond acceptors (Lipinski definition) is 5. The maximum Gasteiger partial charge on any atom is 0.310 e. The molecule has 1 aliphatic rings. The maximum atomic E-state index is 12.2. The van der Waals surface area contributed by atoms with Crippen LogP contribution in [-0.2, 0) is 32.2 Å². The first-order valence-electron chi connectivity index (χ1n) is 8.84. The molecule has 0 aromatic heterocycles. The zero-order valence-electron chi connectivity index (χ0n) is 15.1. The molecule has 1 unspecified atom stereocenters. The van der Waals surface area contributed by atoms with Crippen LogP contribution < -0.4 is 5.32 Å². The molecule has 0 bridgehead atoms. The van der Waals surface area contributed by atoms with E-state index in [9.17, 15) is 9.59 Å². The summed E-state index contributed by atoms with van der Waals surface area (Å²) in [6.07, 6.45) is 1.75. The molecule has 1 aliphatic heterocycles. The normalized spacial score (nSPS) is 17.9. The minimum absolute atomic E-state index is 0.0262. The van der Waals surface area contributed by atoms with Crippen LogP contribution in [-0.4, -0.2) is 50.1 Å². The van der Waals surface area contributed by atoms with Crippen molar-refractivity contribution in [3.63, 3.8) is 0 Å². The number of piperidine rings is 1. The van der Waals surface area contributed by atoms with E-state index in [2.05, 4.69) is 5.32 Å². The lowest BCUT2D eigenvalue weighted by atomic mass is 9.98. The molecule has 1 saturated heterocycles. The second-order valence-electron chi connectivity index (χ2n) is 6.36. The van der Waals surface area contributed by atoms with Gasteiger partial charge in [0.1, 0.15) is 0 Å². The van der Waals surface area contributed by atoms with Gasteiger partial charge < -0.3 is 14.8 Å². The first kappa shape index (κ1) is 19.4. The molecule has 6 nitrogen and oxygen atoms in total. The standard InChI is InChI=1S/C19H28N2O4/c1-3-25-19(23)17-8-5-9-21(12-17)13-18(22)20-11-15-6-4-7-16(10-15)14-24-2/h4,6-7,10,17H,3,5,8-9,11-14H2,1-2H3,(H,20,22). The van der Waals surface area contributed by atoms with Crippen molar-refractivity contribution in [2.45, 2.75) is 32.9 Å². The third-order valence-corrected chi connectivity index (χ3v) is 4.28. The Labute approximate surface area is 149 Å². The fraction of sp³-hybridized carbons (Fsp3) is 0.579. The van der Waals surface area contributed by atoms with Crippen LogP contribution in [0.1, 0.15) is 30.9 Å². The molecule has 1 fully saturated rings. The number of carbonyl (C=O) groups is 2. The summed E-state index contributed by atoms with van der Waals surface area (Å²) >= 11 is 0. The first-order chi connectivity index (χ1) is 12.1. The Morgan fingerprint density at radius 3 is 2.88 bits per heavy atom. The quantitative estimate of drug-likeness (QED) is 0.725. The predicted octanol–water partition coefficient (Wildman–Crippen LogP) is 1.72. The summed E-state index contributed by atoms with van der Waals surface area (Å²) in [5.74, 6) is -0.295. The second-order valence-corrected chi connectivity index (χ2v) is 6.36. The van der Waals surface area contributed by atoms with Gasteiger partial charge >= 0.3 is 5.97 Å². The third-order valence-electron chi connectivity index (χ3n) is 4.28. The SMILES string of the molecule is CCOC(=O)C1CCCN(CC(=O)NCc2cccc(COC)c2)C1. The van der Waals surface area contributed by atoms with Crippen molar-refractivity contribution in [2.75, 3.05) is 33.4 Å². The number of amides is 1. The smallest absolute Gasteiger partial charge is 0.310 e. The highest BCUT2D eigenvalue weighted by molar-refractivity contribution is 5.78. The number of benzene rings is 1. The van der Waals surface area contributed by atoms with Crippen LogP contribution in [0.2, 0.25) is 0 Å². The molecule has 1 N–H and O–H groups in total. The molecule has 0 spiro atoms. The van der Waals surface area contributed by atoms with Gasteiger partial charge in [0, 0.05) is 20.2 Å². The average Bonchev–Trinajstić information content (AvgIpc) is 2.61. The van der Waals surface area contributed by atoms with Crippen LogP contribution in [0, 0.1) is 5.92 Å². The Morgan fingerprint density at radius 1 is 1.32 bits per heavy atom. The largest absolute Gasteiger partial charge is 0.466 e. The molecular formula is C19H28N2O4. The summed E-state index contributed by atoms with van der Waals surface area (Å²) < 4.78 is 10.2. The van der Waals surface area contributed by atoms with E-state index in [0.29, 0.717) is 32.8 Å². The number of esters is 1. The van der Waals surface area contributed by atoms with E-state index in [0.717, 1.165) is 30.5 Å². The van der Waals surface area contributed by atoms with Gasteiger partial charge in [-0.15, -0.1) is 0 Å². The monoisotopic (exact) mass is 348 g/mol. The van der Waals surface area contributed by atoms with E-state index in [1.165, 1.54) is 0 Å². The van der Waals surface area contributed by atoms with E-state index in [1.807, 2.05) is 36.1 Å². The number of hydrogen-bond donors (Lipinski definition) is 1. The van der Waals surface area contributed by atoms with Gasteiger partial charge in [-0.05, 0) is 37.4 Å². The lowest BCUT2D eigenvalue weighted by Gasteiger charge is -2.30. The van der Waals surface area contributed by atoms with E-state index in [4.69, 9.17) is 9.47 Å². The molecule has 25 heavy (non-hydrogen) atoms. The minimum Gasteiger partial charge on any atom is -0.466 e. The summed E-state index contributed by atoms with van der Waals surface area (Å²) in [5.41, 5.74) is 2.13. The average molecular weight is 348 g/mol. The first-order valence-corrected chi connectivity index (χ1v) is 8.84. The van der Waals surface area contributed by atoms with Crippen molar-refractivity contribution in [3.05, 3.63) is 35.4 Å². The number of nitrogens with one attached hydrogen (secondary N) is 1. The number of carbonyl (C=O) groups excluding carboxylic acids is 2. The van der Waals surface area contributed by atoms with Gasteiger partial charge in [0.15, 0.2) is 0 Å². The van der Waals surface area contributed by atoms with Gasteiger partial charge in [-0.25, -0.2) is 0 Å². The lowest BCUT2D eigenvalue weighted by Crippen LogP contribution is -2.44. The van der Waals surface area contributed by atoms with Crippen LogP contribution in [0.25, 0.3) is 0 Å². The molecule has 2 rings (SSSR count). The molecule has 0 radical (unpaired) electrons. The molecule has 1 amide bonds. The topological polar surface area (TPSA) is 67.9 Å². The van der Waals surface area contributed by atoms with Gasteiger partial charge in [-0.3, -0.25) is 14.5 Å². The molecule has 6 heteroatoms. The fourth-order valence-electron chi connectivity index (χ4n) is 3.11. The van der Waals surface area contributed by atoms with Crippen molar-refractivity contribution in [3.8, 4) is 0 Å². The summed E-state index contributed by atoms with van der Waals surface area (Å²) in [4.78, 5) is 26.1. The maximum absolute atomic E-state index is 12.2. The summed E-state index contributed by atoms with van der Waals surface area (Å²) in [7, 11) is 1.66. The van der Waals surface area contributed by atoms with Crippen LogP contribution in [0.4, 0.5) is 0 Å².